The predicted octanol–water partition coefficient (Wildman–Crippen LogP) is 4.05. The summed E-state index contributed by atoms with van der Waals surface area (Å²) >= 11 is 0. The number of aryl methyl sites for hydroxylation is 1. The molecule has 29 heavy (non-hydrogen) atoms. The SMILES string of the molecule is CC(=O)c1ccc(Nc2nc(C)cc(C(=O)Nc3ccc(N(C)C)cc3)n2)cc1. The van der Waals surface area contributed by atoms with Crippen molar-refractivity contribution in [2.45, 2.75) is 13.8 Å². The van der Waals surface area contributed by atoms with Crippen LogP contribution < -0.4 is 15.5 Å². The van der Waals surface area contributed by atoms with Crippen molar-refractivity contribution in [3.8, 4) is 0 Å². The fraction of sp³-hybridized carbons (Fsp3) is 0.182. The van der Waals surface area contributed by atoms with Crippen molar-refractivity contribution in [2.24, 2.45) is 0 Å². The van der Waals surface area contributed by atoms with Gasteiger partial charge in [0.15, 0.2) is 5.78 Å². The molecule has 148 valence electrons. The molecular weight excluding hydrogens is 366 g/mol. The fourth-order valence-corrected chi connectivity index (χ4v) is 2.70. The van der Waals surface area contributed by atoms with Gasteiger partial charge in [-0.1, -0.05) is 0 Å². The van der Waals surface area contributed by atoms with Crippen LogP contribution in [0.1, 0.15) is 33.5 Å². The highest BCUT2D eigenvalue weighted by atomic mass is 16.2. The maximum absolute atomic E-state index is 12.6. The third kappa shape index (κ3) is 5.16. The van der Waals surface area contributed by atoms with Crippen molar-refractivity contribution in [3.63, 3.8) is 0 Å². The third-order valence-corrected chi connectivity index (χ3v) is 4.28. The van der Waals surface area contributed by atoms with E-state index in [1.54, 1.807) is 37.3 Å². The topological polar surface area (TPSA) is 87.2 Å². The van der Waals surface area contributed by atoms with E-state index in [0.29, 0.717) is 22.9 Å². The number of amides is 1. The molecule has 0 atom stereocenters. The number of nitrogens with one attached hydrogen (secondary N) is 2. The molecule has 3 aromatic rings. The van der Waals surface area contributed by atoms with Gasteiger partial charge in [0.25, 0.3) is 5.91 Å². The van der Waals surface area contributed by atoms with Gasteiger partial charge in [-0.2, -0.15) is 0 Å². The fourth-order valence-electron chi connectivity index (χ4n) is 2.70. The molecule has 0 radical (unpaired) electrons. The lowest BCUT2D eigenvalue weighted by Gasteiger charge is -2.13. The van der Waals surface area contributed by atoms with Crippen LogP contribution in [0.2, 0.25) is 0 Å². The van der Waals surface area contributed by atoms with Crippen LogP contribution in [0, 0.1) is 6.92 Å². The average Bonchev–Trinajstić information content (AvgIpc) is 2.68. The number of hydrogen-bond acceptors (Lipinski definition) is 6. The lowest BCUT2D eigenvalue weighted by Crippen LogP contribution is -2.16. The normalized spacial score (nSPS) is 10.3. The molecule has 0 fully saturated rings. The van der Waals surface area contributed by atoms with E-state index >= 15 is 0 Å². The zero-order valence-electron chi connectivity index (χ0n) is 16.9. The molecule has 1 heterocycles. The summed E-state index contributed by atoms with van der Waals surface area (Å²) in [5, 5.41) is 5.92. The number of benzene rings is 2. The molecule has 0 unspecified atom stereocenters. The Morgan fingerprint density at radius 1 is 0.897 bits per heavy atom. The van der Waals surface area contributed by atoms with Crippen LogP contribution in [-0.2, 0) is 0 Å². The molecule has 7 nitrogen and oxygen atoms in total. The Balaban J connectivity index is 1.75. The second-order valence-corrected chi connectivity index (χ2v) is 6.87. The quantitative estimate of drug-likeness (QED) is 0.619. The number of carbonyl (C=O) groups excluding carboxylic acids is 2. The van der Waals surface area contributed by atoms with Gasteiger partial charge in [-0.15, -0.1) is 0 Å². The number of nitrogens with zero attached hydrogens (tertiary/aromatic N) is 3. The number of anilines is 4. The van der Waals surface area contributed by atoms with Gasteiger partial charge in [-0.25, -0.2) is 9.97 Å². The van der Waals surface area contributed by atoms with E-state index < -0.39 is 0 Å². The molecule has 1 aromatic heterocycles. The average molecular weight is 389 g/mol. The van der Waals surface area contributed by atoms with Crippen molar-refractivity contribution in [1.82, 2.24) is 9.97 Å². The zero-order chi connectivity index (χ0) is 21.0. The van der Waals surface area contributed by atoms with Crippen LogP contribution in [0.15, 0.2) is 54.6 Å². The Morgan fingerprint density at radius 2 is 1.52 bits per heavy atom. The van der Waals surface area contributed by atoms with Crippen molar-refractivity contribution >= 4 is 34.7 Å². The van der Waals surface area contributed by atoms with Crippen LogP contribution >= 0.6 is 0 Å². The number of Topliss-reactive ketones (excluding diaryl/α,β-unsaturated/α-hetero) is 1. The minimum absolute atomic E-state index is 0.000859. The lowest BCUT2D eigenvalue weighted by molar-refractivity contribution is 0.101. The first kappa shape index (κ1) is 20.0. The van der Waals surface area contributed by atoms with Crippen molar-refractivity contribution in [3.05, 3.63) is 71.5 Å². The van der Waals surface area contributed by atoms with Gasteiger partial charge in [0, 0.05) is 42.4 Å². The molecule has 2 aromatic carbocycles. The van der Waals surface area contributed by atoms with E-state index in [1.807, 2.05) is 43.3 Å². The first-order chi connectivity index (χ1) is 13.8. The molecule has 0 bridgehead atoms. The van der Waals surface area contributed by atoms with Crippen LogP contribution in [0.25, 0.3) is 0 Å². The second kappa shape index (κ2) is 8.52. The summed E-state index contributed by atoms with van der Waals surface area (Å²) in [6, 6.07) is 16.2. The number of aromatic nitrogens is 2. The summed E-state index contributed by atoms with van der Waals surface area (Å²) < 4.78 is 0. The minimum atomic E-state index is -0.317. The summed E-state index contributed by atoms with van der Waals surface area (Å²) in [4.78, 5) is 34.7. The molecule has 7 heteroatoms. The first-order valence-electron chi connectivity index (χ1n) is 9.14. The monoisotopic (exact) mass is 389 g/mol. The van der Waals surface area contributed by atoms with Crippen LogP contribution in [-0.4, -0.2) is 35.8 Å². The van der Waals surface area contributed by atoms with Crippen LogP contribution in [0.4, 0.5) is 23.0 Å². The number of rotatable bonds is 6. The van der Waals surface area contributed by atoms with Crippen molar-refractivity contribution in [2.75, 3.05) is 29.6 Å². The highest BCUT2D eigenvalue weighted by Gasteiger charge is 2.12. The van der Waals surface area contributed by atoms with Crippen LogP contribution in [0.3, 0.4) is 0 Å². The Kier molecular flexibility index (Phi) is 5.87. The van der Waals surface area contributed by atoms with E-state index in [2.05, 4.69) is 20.6 Å². The van der Waals surface area contributed by atoms with Gasteiger partial charge in [-0.3, -0.25) is 9.59 Å². The van der Waals surface area contributed by atoms with E-state index in [-0.39, 0.29) is 17.4 Å². The molecule has 0 spiro atoms. The Labute approximate surface area is 169 Å². The second-order valence-electron chi connectivity index (χ2n) is 6.87. The number of carbonyl (C=O) groups is 2. The van der Waals surface area contributed by atoms with Gasteiger partial charge in [-0.05, 0) is 68.4 Å². The third-order valence-electron chi connectivity index (χ3n) is 4.28. The molecule has 0 saturated heterocycles. The number of ketones is 1. The molecule has 2 N–H and O–H groups in total. The summed E-state index contributed by atoms with van der Waals surface area (Å²) in [5.41, 5.74) is 4.01. The van der Waals surface area contributed by atoms with E-state index in [0.717, 1.165) is 11.4 Å². The maximum Gasteiger partial charge on any atom is 0.274 e. The van der Waals surface area contributed by atoms with Gasteiger partial charge < -0.3 is 15.5 Å². The Morgan fingerprint density at radius 3 is 2.10 bits per heavy atom. The summed E-state index contributed by atoms with van der Waals surface area (Å²) in [7, 11) is 3.92. The first-order valence-corrected chi connectivity index (χ1v) is 9.14. The Bertz CT molecular complexity index is 1030. The maximum atomic E-state index is 12.6. The Hall–Kier alpha value is -3.74. The summed E-state index contributed by atoms with van der Waals surface area (Å²) in [5.74, 6) is -0.00214. The molecular formula is C22H23N5O2. The molecule has 0 aliphatic heterocycles. The summed E-state index contributed by atoms with van der Waals surface area (Å²) in [6.45, 7) is 3.32. The molecule has 1 amide bonds. The van der Waals surface area contributed by atoms with E-state index in [9.17, 15) is 9.59 Å². The summed E-state index contributed by atoms with van der Waals surface area (Å²) in [6.07, 6.45) is 0. The molecule has 3 rings (SSSR count). The highest BCUT2D eigenvalue weighted by Crippen LogP contribution is 2.18. The standard InChI is InChI=1S/C22H23N5O2/c1-14-13-20(21(29)24-17-9-11-19(12-10-17)27(3)4)26-22(23-14)25-18-7-5-16(6-8-18)15(2)28/h5-13H,1-4H3,(H,24,29)(H,23,25,26). The lowest BCUT2D eigenvalue weighted by atomic mass is 10.1. The smallest absolute Gasteiger partial charge is 0.274 e. The predicted molar refractivity (Wildman–Crippen MR) is 115 cm³/mol. The van der Waals surface area contributed by atoms with Gasteiger partial charge >= 0.3 is 0 Å². The highest BCUT2D eigenvalue weighted by molar-refractivity contribution is 6.03. The van der Waals surface area contributed by atoms with Gasteiger partial charge in [0.2, 0.25) is 5.95 Å². The van der Waals surface area contributed by atoms with Crippen molar-refractivity contribution in [1.29, 1.82) is 0 Å². The molecule has 0 aliphatic rings. The van der Waals surface area contributed by atoms with E-state index in [1.165, 1.54) is 6.92 Å². The van der Waals surface area contributed by atoms with Crippen LogP contribution in [0.5, 0.6) is 0 Å². The van der Waals surface area contributed by atoms with Gasteiger partial charge in [0.05, 0.1) is 0 Å². The molecule has 0 aliphatic carbocycles. The number of hydrogen-bond donors (Lipinski definition) is 2. The van der Waals surface area contributed by atoms with Crippen molar-refractivity contribution < 1.29 is 9.59 Å². The largest absolute Gasteiger partial charge is 0.378 e. The van der Waals surface area contributed by atoms with E-state index in [4.69, 9.17) is 0 Å². The molecule has 0 saturated carbocycles. The van der Waals surface area contributed by atoms with Gasteiger partial charge in [0.1, 0.15) is 5.69 Å². The zero-order valence-corrected chi connectivity index (χ0v) is 16.9. The minimum Gasteiger partial charge on any atom is -0.378 e.